The molecule has 4 rings (SSSR count). The number of piperazine rings is 1. The number of thiazole rings is 1. The zero-order valence-corrected chi connectivity index (χ0v) is 18.9. The van der Waals surface area contributed by atoms with Crippen LogP contribution in [0.3, 0.4) is 0 Å². The number of methoxy groups -OCH3 is 1. The topological polar surface area (TPSA) is 58.1 Å². The van der Waals surface area contributed by atoms with Crippen molar-refractivity contribution < 1.29 is 14.6 Å². The molecule has 1 aliphatic heterocycles. The van der Waals surface area contributed by atoms with E-state index in [0.29, 0.717) is 11.5 Å². The number of para-hydroxylation sites is 1. The minimum Gasteiger partial charge on any atom is -0.493 e. The molecule has 0 amide bonds. The standard InChI is InChI=1S/C25H27N3O3S/c1-3-15-31-22-9-8-19(17-23(22)30-2)18-27-11-13-28(14-12-27)21-7-5-4-6-20(21)24(29)25-26-10-16-32-25/h1,4-10,16-17,24,29H,11-15,18H2,2H3/t24-/m1/s1. The maximum atomic E-state index is 10.8. The number of benzene rings is 2. The first-order chi connectivity index (χ1) is 15.7. The number of aliphatic hydroxyl groups excluding tert-OH is 1. The lowest BCUT2D eigenvalue weighted by Gasteiger charge is -2.37. The quantitative estimate of drug-likeness (QED) is 0.531. The fourth-order valence-electron chi connectivity index (χ4n) is 3.96. The number of ether oxygens (including phenoxy) is 2. The van der Waals surface area contributed by atoms with Crippen LogP contribution < -0.4 is 14.4 Å². The average molecular weight is 450 g/mol. The number of hydrogen-bond donors (Lipinski definition) is 1. The number of rotatable bonds is 8. The predicted octanol–water partition coefficient (Wildman–Crippen LogP) is 3.57. The van der Waals surface area contributed by atoms with E-state index >= 15 is 0 Å². The Morgan fingerprint density at radius 1 is 1.16 bits per heavy atom. The molecule has 0 bridgehead atoms. The Bertz CT molecular complexity index is 1060. The van der Waals surface area contributed by atoms with Crippen molar-refractivity contribution in [2.75, 3.05) is 44.8 Å². The van der Waals surface area contributed by atoms with E-state index in [1.165, 1.54) is 16.9 Å². The first-order valence-corrected chi connectivity index (χ1v) is 11.4. The van der Waals surface area contributed by atoms with Gasteiger partial charge in [0, 0.05) is 55.6 Å². The van der Waals surface area contributed by atoms with Crippen molar-refractivity contribution in [3.8, 4) is 23.8 Å². The Balaban J connectivity index is 1.40. The molecule has 0 spiro atoms. The van der Waals surface area contributed by atoms with Gasteiger partial charge in [-0.05, 0) is 23.8 Å². The van der Waals surface area contributed by atoms with Crippen LogP contribution >= 0.6 is 11.3 Å². The molecular formula is C25H27N3O3S. The number of aromatic nitrogens is 1. The zero-order valence-electron chi connectivity index (χ0n) is 18.1. The highest BCUT2D eigenvalue weighted by Crippen LogP contribution is 2.33. The summed E-state index contributed by atoms with van der Waals surface area (Å²) in [6, 6.07) is 14.0. The second-order valence-electron chi connectivity index (χ2n) is 7.57. The van der Waals surface area contributed by atoms with Gasteiger partial charge < -0.3 is 19.5 Å². The SMILES string of the molecule is C#CCOc1ccc(CN2CCN(c3ccccc3[C@@H](O)c3nccs3)CC2)cc1OC. The van der Waals surface area contributed by atoms with Crippen molar-refractivity contribution >= 4 is 17.0 Å². The van der Waals surface area contributed by atoms with Gasteiger partial charge in [-0.2, -0.15) is 0 Å². The lowest BCUT2D eigenvalue weighted by molar-refractivity contribution is 0.218. The Morgan fingerprint density at radius 2 is 1.97 bits per heavy atom. The molecule has 0 radical (unpaired) electrons. The zero-order chi connectivity index (χ0) is 22.3. The first-order valence-electron chi connectivity index (χ1n) is 10.6. The van der Waals surface area contributed by atoms with E-state index in [0.717, 1.165) is 49.0 Å². The van der Waals surface area contributed by atoms with Crippen LogP contribution in [0.1, 0.15) is 22.2 Å². The molecule has 1 saturated heterocycles. The summed E-state index contributed by atoms with van der Waals surface area (Å²) in [5.74, 6) is 3.83. The van der Waals surface area contributed by atoms with Crippen LogP contribution in [-0.2, 0) is 6.54 Å². The molecule has 0 unspecified atom stereocenters. The molecule has 1 fully saturated rings. The van der Waals surface area contributed by atoms with Gasteiger partial charge in [-0.3, -0.25) is 4.90 Å². The molecule has 1 N–H and O–H groups in total. The van der Waals surface area contributed by atoms with E-state index < -0.39 is 6.10 Å². The number of anilines is 1. The van der Waals surface area contributed by atoms with Crippen LogP contribution in [0.2, 0.25) is 0 Å². The van der Waals surface area contributed by atoms with Gasteiger partial charge >= 0.3 is 0 Å². The normalized spacial score (nSPS) is 15.2. The lowest BCUT2D eigenvalue weighted by Crippen LogP contribution is -2.46. The minimum atomic E-state index is -0.702. The second kappa shape index (κ2) is 10.5. The second-order valence-corrected chi connectivity index (χ2v) is 8.50. The summed E-state index contributed by atoms with van der Waals surface area (Å²) in [6.45, 7) is 4.70. The molecule has 2 heterocycles. The molecule has 1 aromatic heterocycles. The molecular weight excluding hydrogens is 422 g/mol. The van der Waals surface area contributed by atoms with Crippen molar-refractivity contribution in [2.24, 2.45) is 0 Å². The van der Waals surface area contributed by atoms with Crippen LogP contribution in [0.15, 0.2) is 54.0 Å². The third kappa shape index (κ3) is 5.05. The fraction of sp³-hybridized carbons (Fsp3) is 0.320. The van der Waals surface area contributed by atoms with Crippen LogP contribution in [0, 0.1) is 12.3 Å². The highest BCUT2D eigenvalue weighted by Gasteiger charge is 2.23. The van der Waals surface area contributed by atoms with Gasteiger partial charge in [0.1, 0.15) is 17.7 Å². The Hall–Kier alpha value is -3.05. The summed E-state index contributed by atoms with van der Waals surface area (Å²) in [7, 11) is 1.64. The van der Waals surface area contributed by atoms with E-state index in [9.17, 15) is 5.11 Å². The summed E-state index contributed by atoms with van der Waals surface area (Å²) in [4.78, 5) is 9.06. The van der Waals surface area contributed by atoms with Crippen LogP contribution in [0.5, 0.6) is 11.5 Å². The molecule has 32 heavy (non-hydrogen) atoms. The number of nitrogens with zero attached hydrogens (tertiary/aromatic N) is 3. The Kier molecular flexibility index (Phi) is 7.28. The molecule has 7 heteroatoms. The average Bonchev–Trinajstić information content (AvgIpc) is 3.38. The Morgan fingerprint density at radius 3 is 2.69 bits per heavy atom. The number of hydrogen-bond acceptors (Lipinski definition) is 7. The van der Waals surface area contributed by atoms with Crippen molar-refractivity contribution in [1.82, 2.24) is 9.88 Å². The highest BCUT2D eigenvalue weighted by atomic mass is 32.1. The fourth-order valence-corrected chi connectivity index (χ4v) is 4.60. The maximum Gasteiger partial charge on any atom is 0.162 e. The molecule has 0 saturated carbocycles. The van der Waals surface area contributed by atoms with E-state index in [1.54, 1.807) is 13.3 Å². The monoisotopic (exact) mass is 449 g/mol. The summed E-state index contributed by atoms with van der Waals surface area (Å²) in [6.07, 6.45) is 6.31. The molecule has 3 aromatic rings. The number of aliphatic hydroxyl groups is 1. The molecule has 1 atom stereocenters. The van der Waals surface area contributed by atoms with E-state index in [4.69, 9.17) is 15.9 Å². The summed E-state index contributed by atoms with van der Waals surface area (Å²) >= 11 is 1.47. The van der Waals surface area contributed by atoms with Gasteiger partial charge in [0.15, 0.2) is 11.5 Å². The van der Waals surface area contributed by atoms with Gasteiger partial charge in [-0.15, -0.1) is 17.8 Å². The van der Waals surface area contributed by atoms with Crippen molar-refractivity contribution in [3.05, 3.63) is 70.2 Å². The minimum absolute atomic E-state index is 0.219. The van der Waals surface area contributed by atoms with Crippen LogP contribution in [0.25, 0.3) is 0 Å². The lowest BCUT2D eigenvalue weighted by atomic mass is 10.1. The van der Waals surface area contributed by atoms with Gasteiger partial charge in [0.05, 0.1) is 7.11 Å². The van der Waals surface area contributed by atoms with E-state index in [2.05, 4.69) is 32.8 Å². The van der Waals surface area contributed by atoms with Gasteiger partial charge in [0.25, 0.3) is 0 Å². The summed E-state index contributed by atoms with van der Waals surface area (Å²) in [5, 5.41) is 13.5. The largest absolute Gasteiger partial charge is 0.493 e. The molecule has 166 valence electrons. The van der Waals surface area contributed by atoms with Crippen LogP contribution in [-0.4, -0.2) is 54.9 Å². The smallest absolute Gasteiger partial charge is 0.162 e. The van der Waals surface area contributed by atoms with Crippen molar-refractivity contribution in [2.45, 2.75) is 12.6 Å². The predicted molar refractivity (Wildman–Crippen MR) is 127 cm³/mol. The van der Waals surface area contributed by atoms with Crippen LogP contribution in [0.4, 0.5) is 5.69 Å². The van der Waals surface area contributed by atoms with Crippen molar-refractivity contribution in [1.29, 1.82) is 0 Å². The van der Waals surface area contributed by atoms with Crippen molar-refractivity contribution in [3.63, 3.8) is 0 Å². The molecule has 1 aliphatic rings. The molecule has 2 aromatic carbocycles. The third-order valence-corrected chi connectivity index (χ3v) is 6.40. The Labute approximate surface area is 193 Å². The first kappa shape index (κ1) is 22.2. The molecule has 0 aliphatic carbocycles. The highest BCUT2D eigenvalue weighted by molar-refractivity contribution is 7.09. The van der Waals surface area contributed by atoms with Gasteiger partial charge in [0.2, 0.25) is 0 Å². The van der Waals surface area contributed by atoms with E-state index in [1.807, 2.05) is 35.7 Å². The number of terminal acetylenes is 1. The van der Waals surface area contributed by atoms with Gasteiger partial charge in [-0.1, -0.05) is 30.2 Å². The summed E-state index contributed by atoms with van der Waals surface area (Å²) in [5.41, 5.74) is 3.15. The third-order valence-electron chi connectivity index (χ3n) is 5.57. The summed E-state index contributed by atoms with van der Waals surface area (Å²) < 4.78 is 11.0. The molecule has 6 nitrogen and oxygen atoms in total. The maximum absolute atomic E-state index is 10.8. The van der Waals surface area contributed by atoms with E-state index in [-0.39, 0.29) is 6.61 Å². The van der Waals surface area contributed by atoms with Gasteiger partial charge in [-0.25, -0.2) is 4.98 Å².